The van der Waals surface area contributed by atoms with E-state index in [1.807, 2.05) is 0 Å². The minimum atomic E-state index is -3.99. The number of ether oxygens (including phenoxy) is 4. The molecule has 2 saturated heterocycles. The van der Waals surface area contributed by atoms with E-state index in [1.54, 1.807) is 13.8 Å². The molecular formula is C17H27N2O11P. The Morgan fingerprint density at radius 2 is 1.45 bits per heavy atom. The average Bonchev–Trinajstić information content (AvgIpc) is 3.02. The van der Waals surface area contributed by atoms with Crippen molar-refractivity contribution in [2.45, 2.75) is 65.1 Å². The Bertz CT molecular complexity index is 750. The van der Waals surface area contributed by atoms with Gasteiger partial charge < -0.3 is 18.9 Å². The lowest BCUT2D eigenvalue weighted by molar-refractivity contribution is -0.207. The van der Waals surface area contributed by atoms with Crippen molar-refractivity contribution in [3.63, 3.8) is 0 Å². The number of amides is 1. The third-order valence-corrected chi connectivity index (χ3v) is 6.16. The van der Waals surface area contributed by atoms with Crippen LogP contribution < -0.4 is 5.09 Å². The van der Waals surface area contributed by atoms with Gasteiger partial charge in [0.1, 0.15) is 18.8 Å². The van der Waals surface area contributed by atoms with E-state index >= 15 is 0 Å². The molecule has 0 spiro atoms. The first-order valence-corrected chi connectivity index (χ1v) is 11.2. The first kappa shape index (κ1) is 25.1. The maximum atomic E-state index is 13.1. The van der Waals surface area contributed by atoms with Gasteiger partial charge in [0.05, 0.1) is 13.2 Å². The molecule has 0 aromatic heterocycles. The molecule has 2 rings (SSSR count). The Balaban J connectivity index is 2.56. The Morgan fingerprint density at radius 3 is 1.94 bits per heavy atom. The van der Waals surface area contributed by atoms with E-state index < -0.39 is 62.3 Å². The fourth-order valence-corrected chi connectivity index (χ4v) is 5.00. The molecule has 2 heterocycles. The van der Waals surface area contributed by atoms with E-state index in [-0.39, 0.29) is 19.8 Å². The summed E-state index contributed by atoms with van der Waals surface area (Å²) in [5, 5.41) is 2.60. The van der Waals surface area contributed by atoms with E-state index in [2.05, 4.69) is 5.09 Å². The lowest BCUT2D eigenvalue weighted by Crippen LogP contribution is -2.71. The second kappa shape index (κ2) is 10.4. The summed E-state index contributed by atoms with van der Waals surface area (Å²) in [4.78, 5) is 48.9. The summed E-state index contributed by atoms with van der Waals surface area (Å²) < 4.78 is 44.6. The predicted molar refractivity (Wildman–Crippen MR) is 101 cm³/mol. The van der Waals surface area contributed by atoms with Crippen molar-refractivity contribution in [3.8, 4) is 0 Å². The van der Waals surface area contributed by atoms with Crippen LogP contribution in [-0.4, -0.2) is 79.2 Å². The molecule has 13 nitrogen and oxygen atoms in total. The lowest BCUT2D eigenvalue weighted by Gasteiger charge is -2.47. The number of cyclic esters (lactones) is 1. The summed E-state index contributed by atoms with van der Waals surface area (Å²) >= 11 is 0. The molecule has 0 saturated carbocycles. The number of carbonyl (C=O) groups excluding carboxylic acids is 4. The highest BCUT2D eigenvalue weighted by molar-refractivity contribution is 7.51. The van der Waals surface area contributed by atoms with Gasteiger partial charge in [0.15, 0.2) is 18.3 Å². The number of piperidine rings is 1. The van der Waals surface area contributed by atoms with Gasteiger partial charge >= 0.3 is 31.7 Å². The molecule has 2 aliphatic heterocycles. The zero-order valence-electron chi connectivity index (χ0n) is 17.9. The SMILES string of the molecule is CCOP(=O)(N[C@H]1C(OC(C)=O)C(OC(C)=O)[C@H](OC(C)=O)C2COC(=O)N21)OCC. The highest BCUT2D eigenvalue weighted by Gasteiger charge is 2.60. The van der Waals surface area contributed by atoms with Gasteiger partial charge in [-0.25, -0.2) is 9.36 Å². The van der Waals surface area contributed by atoms with Gasteiger partial charge in [0, 0.05) is 20.8 Å². The molecule has 0 bridgehead atoms. The van der Waals surface area contributed by atoms with Crippen molar-refractivity contribution in [1.82, 2.24) is 9.99 Å². The third-order valence-electron chi connectivity index (χ3n) is 4.38. The smallest absolute Gasteiger partial charge is 0.411 e. The highest BCUT2D eigenvalue weighted by atomic mass is 31.2. The molecule has 2 aliphatic rings. The first-order chi connectivity index (χ1) is 14.5. The molecule has 0 radical (unpaired) electrons. The van der Waals surface area contributed by atoms with Crippen LogP contribution in [0.25, 0.3) is 0 Å². The van der Waals surface area contributed by atoms with Crippen LogP contribution in [0.2, 0.25) is 0 Å². The maximum Gasteiger partial charge on any atom is 0.411 e. The molecule has 1 amide bonds. The molecule has 3 unspecified atom stereocenters. The van der Waals surface area contributed by atoms with Crippen LogP contribution in [0.5, 0.6) is 0 Å². The van der Waals surface area contributed by atoms with Crippen LogP contribution in [0.4, 0.5) is 4.79 Å². The fourth-order valence-electron chi connectivity index (χ4n) is 3.50. The van der Waals surface area contributed by atoms with Gasteiger partial charge in [0.2, 0.25) is 0 Å². The van der Waals surface area contributed by atoms with E-state index in [9.17, 15) is 23.7 Å². The summed E-state index contributed by atoms with van der Waals surface area (Å²) in [6.07, 6.45) is -6.17. The van der Waals surface area contributed by atoms with Gasteiger partial charge in [-0.2, -0.15) is 5.09 Å². The van der Waals surface area contributed by atoms with Crippen LogP contribution >= 0.6 is 7.75 Å². The van der Waals surface area contributed by atoms with E-state index in [1.165, 1.54) is 0 Å². The molecule has 0 aromatic rings. The lowest BCUT2D eigenvalue weighted by atomic mass is 9.92. The monoisotopic (exact) mass is 466 g/mol. The number of fused-ring (bicyclic) bond motifs is 1. The van der Waals surface area contributed by atoms with Crippen LogP contribution in [-0.2, 0) is 46.9 Å². The van der Waals surface area contributed by atoms with Crippen molar-refractivity contribution in [3.05, 3.63) is 0 Å². The Morgan fingerprint density at radius 1 is 0.968 bits per heavy atom. The van der Waals surface area contributed by atoms with Gasteiger partial charge in [-0.3, -0.25) is 28.3 Å². The number of carbonyl (C=O) groups is 4. The quantitative estimate of drug-likeness (QED) is 0.289. The standard InChI is InChI=1S/C17H27N2O11P/c1-6-26-31(24,27-7-2)18-16-15(30-11(5)22)14(29-10(4)21)13(28-9(3)20)12-8-25-17(23)19(12)16/h12-16H,6-8H2,1-5H3,(H,18,24)/t12?,13-,14?,15?,16-/m1/s1. The van der Waals surface area contributed by atoms with Crippen molar-refractivity contribution >= 4 is 31.7 Å². The van der Waals surface area contributed by atoms with Gasteiger partial charge in [-0.05, 0) is 13.8 Å². The van der Waals surface area contributed by atoms with Crippen molar-refractivity contribution in [1.29, 1.82) is 0 Å². The number of esters is 3. The third kappa shape index (κ3) is 5.94. The molecule has 0 aliphatic carbocycles. The topological polar surface area (TPSA) is 156 Å². The number of nitrogens with zero attached hydrogens (tertiary/aromatic N) is 1. The van der Waals surface area contributed by atoms with Crippen molar-refractivity contribution in [2.24, 2.45) is 0 Å². The Labute approximate surface area is 179 Å². The van der Waals surface area contributed by atoms with Crippen LogP contribution in [0, 0.1) is 0 Å². The van der Waals surface area contributed by atoms with Crippen LogP contribution in [0.1, 0.15) is 34.6 Å². The maximum absolute atomic E-state index is 13.1. The fraction of sp³-hybridized carbons (Fsp3) is 0.765. The largest absolute Gasteiger partial charge is 0.456 e. The number of hydrogen-bond donors (Lipinski definition) is 1. The summed E-state index contributed by atoms with van der Waals surface area (Å²) in [5.41, 5.74) is 0. The molecule has 1 N–H and O–H groups in total. The predicted octanol–water partition coefficient (Wildman–Crippen LogP) is 0.713. The zero-order chi connectivity index (χ0) is 23.3. The minimum Gasteiger partial charge on any atom is -0.456 e. The van der Waals surface area contributed by atoms with E-state index in [4.69, 9.17) is 28.0 Å². The average molecular weight is 466 g/mol. The molecular weight excluding hydrogens is 439 g/mol. The van der Waals surface area contributed by atoms with Crippen molar-refractivity contribution in [2.75, 3.05) is 19.8 Å². The highest BCUT2D eigenvalue weighted by Crippen LogP contribution is 2.46. The molecule has 176 valence electrons. The van der Waals surface area contributed by atoms with E-state index in [0.717, 1.165) is 25.7 Å². The number of rotatable bonds is 9. The Kier molecular flexibility index (Phi) is 8.41. The first-order valence-electron chi connectivity index (χ1n) is 9.66. The van der Waals surface area contributed by atoms with Gasteiger partial charge in [-0.1, -0.05) is 0 Å². The summed E-state index contributed by atoms with van der Waals surface area (Å²) in [6.45, 7) is 6.32. The number of hydrogen-bond acceptors (Lipinski definition) is 11. The summed E-state index contributed by atoms with van der Waals surface area (Å²) in [6, 6.07) is -0.929. The summed E-state index contributed by atoms with van der Waals surface area (Å²) in [5.74, 6) is -2.26. The minimum absolute atomic E-state index is 0.00650. The molecule has 31 heavy (non-hydrogen) atoms. The molecule has 2 fully saturated rings. The second-order valence-corrected chi connectivity index (χ2v) is 8.45. The Hall–Kier alpha value is -2.21. The van der Waals surface area contributed by atoms with E-state index in [0.29, 0.717) is 0 Å². The second-order valence-electron chi connectivity index (χ2n) is 6.68. The number of nitrogens with one attached hydrogen (secondary N) is 1. The van der Waals surface area contributed by atoms with Gasteiger partial charge in [0.25, 0.3) is 0 Å². The van der Waals surface area contributed by atoms with Gasteiger partial charge in [-0.15, -0.1) is 0 Å². The van der Waals surface area contributed by atoms with Crippen molar-refractivity contribution < 1.29 is 51.7 Å². The zero-order valence-corrected chi connectivity index (χ0v) is 18.8. The molecule has 0 aromatic carbocycles. The van der Waals surface area contributed by atoms with Crippen LogP contribution in [0.15, 0.2) is 0 Å². The normalized spacial score (nSPS) is 27.8. The molecule has 5 atom stereocenters. The summed E-state index contributed by atoms with van der Waals surface area (Å²) in [7, 11) is -3.99. The molecule has 14 heteroatoms. The van der Waals surface area contributed by atoms with Crippen LogP contribution in [0.3, 0.4) is 0 Å².